The van der Waals surface area contributed by atoms with Gasteiger partial charge >= 0.3 is 0 Å². The summed E-state index contributed by atoms with van der Waals surface area (Å²) in [6.07, 6.45) is 0. The van der Waals surface area contributed by atoms with E-state index in [1.54, 1.807) is 0 Å². The van der Waals surface area contributed by atoms with Gasteiger partial charge in [-0.15, -0.1) is 0 Å². The van der Waals surface area contributed by atoms with Gasteiger partial charge in [-0.3, -0.25) is 0 Å². The van der Waals surface area contributed by atoms with Gasteiger partial charge in [-0.05, 0) is 0 Å². The molecule has 0 rings (SSSR count). The molecule has 0 aliphatic carbocycles. The molecule has 0 saturated carbocycles. The van der Waals surface area contributed by atoms with Crippen LogP contribution < -0.4 is 9.79 Å². The number of rotatable bonds is 0. The Hall–Kier alpha value is 0.563. The summed E-state index contributed by atoms with van der Waals surface area (Å²) in [5.74, 6) is 0. The van der Waals surface area contributed by atoms with Crippen LogP contribution in [0.25, 0.3) is 0 Å². The van der Waals surface area contributed by atoms with Crippen LogP contribution in [0.5, 0.6) is 0 Å². The largest absolute Gasteiger partial charge is 0.598 e. The molecule has 5 heteroatoms. The molecule has 28 valence electrons. The minimum Gasteiger partial charge on any atom is -0.598 e. The Labute approximate surface area is 40.9 Å². The van der Waals surface area contributed by atoms with E-state index >= 15 is 0 Å². The van der Waals surface area contributed by atoms with Crippen LogP contribution in [0.1, 0.15) is 0 Å². The fourth-order valence-corrected chi connectivity index (χ4v) is 0. The Morgan fingerprint density at radius 3 is 1.40 bits per heavy atom. The normalized spacial score (nSPS) is 5.20. The third-order valence-electron chi connectivity index (χ3n) is 0. The van der Waals surface area contributed by atoms with Crippen molar-refractivity contribution in [3.63, 3.8) is 0 Å². The molecule has 0 aromatic heterocycles. The van der Waals surface area contributed by atoms with E-state index in [-0.39, 0.29) is 17.6 Å². The van der Waals surface area contributed by atoms with E-state index in [4.69, 9.17) is 14.4 Å². The monoisotopic (exact) mass is 153 g/mol. The van der Waals surface area contributed by atoms with Gasteiger partial charge in [0, 0.05) is 17.6 Å². The van der Waals surface area contributed by atoms with Gasteiger partial charge in [0.1, 0.15) is 0 Å². The molecular formula is GeO3P-. The maximum Gasteiger partial charge on any atom is 0.276 e. The molecule has 0 fully saturated rings. The van der Waals surface area contributed by atoms with E-state index in [1.807, 2.05) is 0 Å². The Balaban J connectivity index is 0. The first-order valence-corrected chi connectivity index (χ1v) is 1.64. The first-order valence-electron chi connectivity index (χ1n) is 0.548. The van der Waals surface area contributed by atoms with E-state index in [0.29, 0.717) is 0 Å². The molecule has 0 aliphatic heterocycles. The van der Waals surface area contributed by atoms with Gasteiger partial charge in [0.25, 0.3) is 8.25 Å². The van der Waals surface area contributed by atoms with Gasteiger partial charge in [0.05, 0.1) is 0 Å². The summed E-state index contributed by atoms with van der Waals surface area (Å²) in [5.41, 5.74) is 0. The molecular weight excluding hydrogens is 152 g/mol. The zero-order chi connectivity index (χ0) is 3.58. The van der Waals surface area contributed by atoms with Crippen LogP contribution in [0.4, 0.5) is 0 Å². The molecule has 0 aromatic carbocycles. The molecule has 0 atom stereocenters. The van der Waals surface area contributed by atoms with Gasteiger partial charge in [-0.2, -0.15) is 0 Å². The first-order chi connectivity index (χ1) is 1.73. The van der Waals surface area contributed by atoms with Crippen molar-refractivity contribution in [2.75, 3.05) is 0 Å². The van der Waals surface area contributed by atoms with E-state index < -0.39 is 8.25 Å². The van der Waals surface area contributed by atoms with Crippen LogP contribution in [-0.2, 0) is 4.57 Å². The summed E-state index contributed by atoms with van der Waals surface area (Å²) >= 11 is 0. The molecule has 0 bridgehead atoms. The van der Waals surface area contributed by atoms with Crippen molar-refractivity contribution in [1.82, 2.24) is 0 Å². The molecule has 3 nitrogen and oxygen atoms in total. The first kappa shape index (κ1) is 9.12. The molecule has 4 radical (unpaired) electrons. The van der Waals surface area contributed by atoms with Crippen LogP contribution in [0, 0.1) is 0 Å². The SMILES string of the molecule is O=[P+]([O-])[O-].[Ge]. The third kappa shape index (κ3) is 94.6. The standard InChI is InChI=1S/Ge.HO3P/c;1-4(2)3/h;(H,1,2,3)/p-1. The molecule has 0 heterocycles. The molecule has 0 aromatic rings. The van der Waals surface area contributed by atoms with Gasteiger partial charge in [0.15, 0.2) is 0 Å². The van der Waals surface area contributed by atoms with Crippen LogP contribution in [0.2, 0.25) is 0 Å². The Bertz CT molecular complexity index is 29.9. The Kier molecular flexibility index (Phi) is 8.33. The zero-order valence-corrected chi connectivity index (χ0v) is 5.16. The topological polar surface area (TPSA) is 63.2 Å². The fourth-order valence-electron chi connectivity index (χ4n) is 0. The molecule has 0 spiro atoms. The molecule has 0 aliphatic rings. The van der Waals surface area contributed by atoms with Crippen LogP contribution in [-0.4, -0.2) is 17.6 Å². The third-order valence-corrected chi connectivity index (χ3v) is 0. The summed E-state index contributed by atoms with van der Waals surface area (Å²) in [6, 6.07) is 0. The van der Waals surface area contributed by atoms with Crippen molar-refractivity contribution >= 4 is 25.9 Å². The van der Waals surface area contributed by atoms with Crippen molar-refractivity contribution in [3.05, 3.63) is 0 Å². The van der Waals surface area contributed by atoms with Crippen molar-refractivity contribution in [3.8, 4) is 0 Å². The van der Waals surface area contributed by atoms with Crippen LogP contribution in [0.15, 0.2) is 0 Å². The molecule has 5 heavy (non-hydrogen) atoms. The minimum absolute atomic E-state index is 0. The van der Waals surface area contributed by atoms with E-state index in [2.05, 4.69) is 0 Å². The number of hydrogen-bond donors (Lipinski definition) is 0. The zero-order valence-electron chi connectivity index (χ0n) is 2.17. The van der Waals surface area contributed by atoms with Gasteiger partial charge in [-0.25, -0.2) is 0 Å². The van der Waals surface area contributed by atoms with Gasteiger partial charge in [-0.1, -0.05) is 4.57 Å². The van der Waals surface area contributed by atoms with Gasteiger partial charge in [0.2, 0.25) is 0 Å². The molecule has 0 amide bonds. The van der Waals surface area contributed by atoms with Crippen LogP contribution >= 0.6 is 8.25 Å². The predicted octanol–water partition coefficient (Wildman–Crippen LogP) is -2.02. The minimum atomic E-state index is -3.37. The maximum atomic E-state index is 8.48. The van der Waals surface area contributed by atoms with Crippen molar-refractivity contribution in [2.24, 2.45) is 0 Å². The average molecular weight is 152 g/mol. The Morgan fingerprint density at radius 2 is 1.40 bits per heavy atom. The molecule has 0 saturated heterocycles. The quantitative estimate of drug-likeness (QED) is 0.297. The summed E-state index contributed by atoms with van der Waals surface area (Å²) in [5, 5.41) is 0. The van der Waals surface area contributed by atoms with Crippen molar-refractivity contribution < 1.29 is 14.4 Å². The number of hydrogen-bond acceptors (Lipinski definition) is 3. The fraction of sp³-hybridized carbons (Fsp3) is 0. The second-order valence-corrected chi connectivity index (χ2v) is 0.671. The maximum absolute atomic E-state index is 8.48. The van der Waals surface area contributed by atoms with Crippen molar-refractivity contribution in [2.45, 2.75) is 0 Å². The summed E-state index contributed by atoms with van der Waals surface area (Å²) in [4.78, 5) is 17.0. The molecule has 0 unspecified atom stereocenters. The summed E-state index contributed by atoms with van der Waals surface area (Å²) in [7, 11) is -3.37. The smallest absolute Gasteiger partial charge is 0.276 e. The van der Waals surface area contributed by atoms with Gasteiger partial charge < -0.3 is 9.79 Å². The van der Waals surface area contributed by atoms with Crippen molar-refractivity contribution in [1.29, 1.82) is 0 Å². The average Bonchev–Trinajstić information content (AvgIpc) is 0.811. The van der Waals surface area contributed by atoms with Crippen LogP contribution in [0.3, 0.4) is 0 Å². The Morgan fingerprint density at radius 1 is 1.40 bits per heavy atom. The second kappa shape index (κ2) is 4.56. The predicted molar refractivity (Wildman–Crippen MR) is 13.4 cm³/mol. The summed E-state index contributed by atoms with van der Waals surface area (Å²) in [6.45, 7) is 0. The van der Waals surface area contributed by atoms with E-state index in [9.17, 15) is 0 Å². The molecule has 0 N–H and O–H groups in total. The van der Waals surface area contributed by atoms with E-state index in [0.717, 1.165) is 0 Å². The second-order valence-electron chi connectivity index (χ2n) is 0.224. The summed E-state index contributed by atoms with van der Waals surface area (Å²) < 4.78 is 8.48. The van der Waals surface area contributed by atoms with E-state index in [1.165, 1.54) is 0 Å².